The van der Waals surface area contributed by atoms with E-state index in [1.165, 1.54) is 6.08 Å². The molecule has 0 radical (unpaired) electrons. The van der Waals surface area contributed by atoms with Gasteiger partial charge in [0.2, 0.25) is 5.91 Å². The number of rotatable bonds is 4. The molecule has 2 aliphatic rings. The average molecular weight is 379 g/mol. The third kappa shape index (κ3) is 2.93. The molecule has 0 bridgehead atoms. The second-order valence-electron chi connectivity index (χ2n) is 7.11. The number of carbonyl (C=O) groups excluding carboxylic acids is 1. The van der Waals surface area contributed by atoms with E-state index in [4.69, 9.17) is 4.74 Å². The summed E-state index contributed by atoms with van der Waals surface area (Å²) in [5, 5.41) is 12.3. The van der Waals surface area contributed by atoms with Gasteiger partial charge in [-0.1, -0.05) is 6.58 Å². The van der Waals surface area contributed by atoms with E-state index in [0.29, 0.717) is 19.8 Å². The van der Waals surface area contributed by atoms with Crippen LogP contribution in [0.5, 0.6) is 0 Å². The van der Waals surface area contributed by atoms with Crippen molar-refractivity contribution in [2.75, 3.05) is 25.0 Å². The number of likely N-dealkylation sites (tertiary alicyclic amines) is 1. The predicted molar refractivity (Wildman–Crippen MR) is 102 cm³/mol. The van der Waals surface area contributed by atoms with Crippen molar-refractivity contribution < 1.29 is 9.53 Å². The number of amides is 1. The number of hydrogen-bond acceptors (Lipinski definition) is 6. The number of pyridine rings is 1. The number of aromatic nitrogens is 5. The van der Waals surface area contributed by atoms with Gasteiger partial charge >= 0.3 is 0 Å². The van der Waals surface area contributed by atoms with Gasteiger partial charge in [0.1, 0.15) is 6.33 Å². The van der Waals surface area contributed by atoms with Gasteiger partial charge in [0.25, 0.3) is 0 Å². The quantitative estimate of drug-likeness (QED) is 0.694. The summed E-state index contributed by atoms with van der Waals surface area (Å²) in [6, 6.07) is 4.09. The molecule has 9 heteroatoms. The van der Waals surface area contributed by atoms with Gasteiger partial charge in [0.05, 0.1) is 31.1 Å². The topological polar surface area (TPSA) is 89.6 Å². The lowest BCUT2D eigenvalue weighted by molar-refractivity contribution is -0.125. The highest BCUT2D eigenvalue weighted by Gasteiger charge is 2.27. The molecule has 5 rings (SSSR count). The number of anilines is 2. The van der Waals surface area contributed by atoms with Crippen LogP contribution in [0.15, 0.2) is 37.3 Å². The summed E-state index contributed by atoms with van der Waals surface area (Å²) in [4.78, 5) is 18.1. The van der Waals surface area contributed by atoms with Crippen LogP contribution in [0.1, 0.15) is 23.6 Å². The Balaban J connectivity index is 1.45. The van der Waals surface area contributed by atoms with Crippen molar-refractivity contribution in [2.45, 2.75) is 25.5 Å². The molecular formula is C19H21N7O2. The zero-order valence-corrected chi connectivity index (χ0v) is 15.4. The van der Waals surface area contributed by atoms with E-state index in [1.54, 1.807) is 10.8 Å². The first kappa shape index (κ1) is 16.9. The van der Waals surface area contributed by atoms with Crippen LogP contribution >= 0.6 is 0 Å². The number of nitrogens with zero attached hydrogens (tertiary/aromatic N) is 6. The fraction of sp³-hybridized carbons (Fsp3) is 0.368. The van der Waals surface area contributed by atoms with Gasteiger partial charge in [0, 0.05) is 31.3 Å². The summed E-state index contributed by atoms with van der Waals surface area (Å²) in [6.45, 7) is 7.01. The van der Waals surface area contributed by atoms with Crippen molar-refractivity contribution in [3.8, 4) is 0 Å². The minimum absolute atomic E-state index is 0.0199. The maximum atomic E-state index is 11.9. The highest BCUT2D eigenvalue weighted by atomic mass is 16.5. The van der Waals surface area contributed by atoms with Gasteiger partial charge in [-0.2, -0.15) is 10.2 Å². The van der Waals surface area contributed by atoms with Crippen LogP contribution in [-0.2, 0) is 22.7 Å². The van der Waals surface area contributed by atoms with Crippen LogP contribution < -0.4 is 5.32 Å². The first-order valence-corrected chi connectivity index (χ1v) is 9.37. The summed E-state index contributed by atoms with van der Waals surface area (Å²) < 4.78 is 9.23. The van der Waals surface area contributed by atoms with Gasteiger partial charge in [-0.25, -0.2) is 9.50 Å². The first-order chi connectivity index (χ1) is 13.7. The van der Waals surface area contributed by atoms with Crippen molar-refractivity contribution in [3.05, 3.63) is 48.6 Å². The van der Waals surface area contributed by atoms with Crippen molar-refractivity contribution in [3.63, 3.8) is 0 Å². The maximum absolute atomic E-state index is 11.9. The molecule has 0 aliphatic carbocycles. The lowest BCUT2D eigenvalue weighted by Gasteiger charge is -2.15. The zero-order chi connectivity index (χ0) is 19.1. The molecule has 1 N–H and O–H groups in total. The lowest BCUT2D eigenvalue weighted by atomic mass is 10.00. The van der Waals surface area contributed by atoms with Crippen LogP contribution in [-0.4, -0.2) is 54.9 Å². The van der Waals surface area contributed by atoms with Gasteiger partial charge in [-0.3, -0.25) is 9.48 Å². The van der Waals surface area contributed by atoms with E-state index in [9.17, 15) is 4.79 Å². The Bertz CT molecular complexity index is 1030. The smallest absolute Gasteiger partial charge is 0.245 e. The molecular weight excluding hydrogens is 358 g/mol. The Kier molecular flexibility index (Phi) is 4.09. The van der Waals surface area contributed by atoms with Crippen molar-refractivity contribution in [1.82, 2.24) is 29.3 Å². The van der Waals surface area contributed by atoms with Crippen LogP contribution in [0.25, 0.3) is 5.65 Å². The van der Waals surface area contributed by atoms with E-state index in [-0.39, 0.29) is 11.8 Å². The van der Waals surface area contributed by atoms with Crippen LogP contribution in [0.4, 0.5) is 11.5 Å². The Hall–Kier alpha value is -3.20. The summed E-state index contributed by atoms with van der Waals surface area (Å²) in [5.74, 6) is 0.993. The summed E-state index contributed by atoms with van der Waals surface area (Å²) in [6.07, 6.45) is 5.82. The van der Waals surface area contributed by atoms with Crippen LogP contribution in [0, 0.1) is 0 Å². The standard InChI is InChI=1S/C19H21N7O2/c1-2-18(27)24-4-3-13(9-24)14-7-16(19-20-12-21-26(19)10-14)22-17-8-15-11-28-6-5-25(15)23-17/h2,7-8,10,12-13H,1,3-6,9,11H2,(H,22,23)/t13-/m0/s1. The van der Waals surface area contributed by atoms with E-state index in [1.807, 2.05) is 21.8 Å². The molecule has 1 atom stereocenters. The Labute approximate surface area is 161 Å². The molecule has 9 nitrogen and oxygen atoms in total. The molecule has 1 amide bonds. The lowest BCUT2D eigenvalue weighted by Crippen LogP contribution is -2.26. The monoisotopic (exact) mass is 379 g/mol. The summed E-state index contributed by atoms with van der Waals surface area (Å²) in [7, 11) is 0. The van der Waals surface area contributed by atoms with Gasteiger partial charge in [-0.05, 0) is 24.1 Å². The van der Waals surface area contributed by atoms with Gasteiger partial charge in [-0.15, -0.1) is 0 Å². The van der Waals surface area contributed by atoms with Gasteiger partial charge in [0.15, 0.2) is 11.5 Å². The number of hydrogen-bond donors (Lipinski definition) is 1. The van der Waals surface area contributed by atoms with Gasteiger partial charge < -0.3 is 15.0 Å². The molecule has 0 spiro atoms. The Morgan fingerprint density at radius 3 is 3.14 bits per heavy atom. The SMILES string of the molecule is C=CC(=O)N1CC[C@H](c2cc(Nc3cc4n(n3)CCOC4)c3ncnn3c2)C1. The maximum Gasteiger partial charge on any atom is 0.245 e. The van der Waals surface area contributed by atoms with Crippen molar-refractivity contribution in [1.29, 1.82) is 0 Å². The summed E-state index contributed by atoms with van der Waals surface area (Å²) in [5.41, 5.74) is 3.76. The van der Waals surface area contributed by atoms with Crippen molar-refractivity contribution in [2.24, 2.45) is 0 Å². The van der Waals surface area contributed by atoms with E-state index < -0.39 is 0 Å². The van der Waals surface area contributed by atoms with E-state index in [2.05, 4.69) is 33.1 Å². The average Bonchev–Trinajstić information content (AvgIpc) is 3.45. The molecule has 144 valence electrons. The molecule has 0 unspecified atom stereocenters. The minimum atomic E-state index is -0.0199. The molecule has 0 aromatic carbocycles. The molecule has 5 heterocycles. The molecule has 1 saturated heterocycles. The highest BCUT2D eigenvalue weighted by Crippen LogP contribution is 2.31. The van der Waals surface area contributed by atoms with Crippen molar-refractivity contribution >= 4 is 23.1 Å². The fourth-order valence-electron chi connectivity index (χ4n) is 3.92. The minimum Gasteiger partial charge on any atom is -0.373 e. The highest BCUT2D eigenvalue weighted by molar-refractivity contribution is 5.87. The molecule has 0 saturated carbocycles. The summed E-state index contributed by atoms with van der Waals surface area (Å²) >= 11 is 0. The number of ether oxygens (including phenoxy) is 1. The molecule has 3 aromatic rings. The predicted octanol–water partition coefficient (Wildman–Crippen LogP) is 1.70. The Morgan fingerprint density at radius 1 is 1.36 bits per heavy atom. The normalized spacial score (nSPS) is 19.0. The number of carbonyl (C=O) groups is 1. The second kappa shape index (κ2) is 6.75. The molecule has 3 aromatic heterocycles. The van der Waals surface area contributed by atoms with E-state index in [0.717, 1.165) is 47.9 Å². The molecule has 28 heavy (non-hydrogen) atoms. The van der Waals surface area contributed by atoms with E-state index >= 15 is 0 Å². The third-order valence-electron chi connectivity index (χ3n) is 5.37. The molecule has 2 aliphatic heterocycles. The number of nitrogens with one attached hydrogen (secondary N) is 1. The Morgan fingerprint density at radius 2 is 2.29 bits per heavy atom. The first-order valence-electron chi connectivity index (χ1n) is 9.37. The third-order valence-corrected chi connectivity index (χ3v) is 5.37. The molecule has 1 fully saturated rings. The fourth-order valence-corrected chi connectivity index (χ4v) is 3.92. The largest absolute Gasteiger partial charge is 0.373 e. The zero-order valence-electron chi connectivity index (χ0n) is 15.4. The number of fused-ring (bicyclic) bond motifs is 2. The van der Waals surface area contributed by atoms with Crippen LogP contribution in [0.2, 0.25) is 0 Å². The van der Waals surface area contributed by atoms with Crippen LogP contribution in [0.3, 0.4) is 0 Å². The second-order valence-corrected chi connectivity index (χ2v) is 7.11.